The van der Waals surface area contributed by atoms with Crippen LogP contribution in [0.15, 0.2) is 28.8 Å². The van der Waals surface area contributed by atoms with Crippen molar-refractivity contribution >= 4 is 23.2 Å². The molecule has 0 fully saturated rings. The number of benzene rings is 1. The third-order valence-electron chi connectivity index (χ3n) is 2.62. The highest BCUT2D eigenvalue weighted by atomic mass is 35.5. The average Bonchev–Trinajstić information content (AvgIpc) is 2.42. The van der Waals surface area contributed by atoms with Gasteiger partial charge in [-0.05, 0) is 38.1 Å². The Morgan fingerprint density at radius 2 is 2.26 bits per heavy atom. The van der Waals surface area contributed by atoms with Crippen molar-refractivity contribution in [3.05, 3.63) is 40.1 Å². The number of hydrogen-bond acceptors (Lipinski definition) is 2. The summed E-state index contributed by atoms with van der Waals surface area (Å²) in [5.41, 5.74) is 2.02. The van der Waals surface area contributed by atoms with Crippen LogP contribution < -0.4 is 10.1 Å². The fourth-order valence-electron chi connectivity index (χ4n) is 1.64. The third-order valence-corrected chi connectivity index (χ3v) is 3.22. The van der Waals surface area contributed by atoms with Crippen LogP contribution in [0.5, 0.6) is 5.75 Å². The standard InChI is InChI=1S/C14H18Cl2FNO/c1-3-6-18-10(2)13-7-12(17)4-5-14(13)19-9-11(16)8-15/h4-5,7-8,10,18H,3,6,9H2,1-2H3. The van der Waals surface area contributed by atoms with Crippen LogP contribution in [-0.2, 0) is 0 Å². The lowest BCUT2D eigenvalue weighted by Crippen LogP contribution is -2.20. The van der Waals surface area contributed by atoms with Crippen LogP contribution in [0.25, 0.3) is 0 Å². The van der Waals surface area contributed by atoms with E-state index in [0.717, 1.165) is 18.5 Å². The van der Waals surface area contributed by atoms with Crippen molar-refractivity contribution in [2.75, 3.05) is 13.2 Å². The van der Waals surface area contributed by atoms with Crippen LogP contribution in [0.2, 0.25) is 0 Å². The number of hydrogen-bond donors (Lipinski definition) is 1. The van der Waals surface area contributed by atoms with Crippen molar-refractivity contribution in [3.8, 4) is 5.75 Å². The zero-order valence-corrected chi connectivity index (χ0v) is 12.6. The summed E-state index contributed by atoms with van der Waals surface area (Å²) in [7, 11) is 0. The summed E-state index contributed by atoms with van der Waals surface area (Å²) < 4.78 is 18.9. The topological polar surface area (TPSA) is 21.3 Å². The second kappa shape index (κ2) is 8.41. The van der Waals surface area contributed by atoms with Crippen LogP contribution in [0.4, 0.5) is 4.39 Å². The Balaban J connectivity index is 2.84. The summed E-state index contributed by atoms with van der Waals surface area (Å²) in [5, 5.41) is 3.69. The lowest BCUT2D eigenvalue weighted by Gasteiger charge is -2.18. The van der Waals surface area contributed by atoms with Gasteiger partial charge in [-0.1, -0.05) is 30.1 Å². The maximum atomic E-state index is 13.4. The van der Waals surface area contributed by atoms with E-state index in [1.54, 1.807) is 6.07 Å². The smallest absolute Gasteiger partial charge is 0.125 e. The molecule has 1 atom stereocenters. The van der Waals surface area contributed by atoms with Crippen LogP contribution in [0, 0.1) is 5.82 Å². The van der Waals surface area contributed by atoms with Gasteiger partial charge in [0.2, 0.25) is 0 Å². The van der Waals surface area contributed by atoms with E-state index in [4.69, 9.17) is 27.9 Å². The van der Waals surface area contributed by atoms with E-state index in [1.165, 1.54) is 17.7 Å². The van der Waals surface area contributed by atoms with Gasteiger partial charge in [-0.15, -0.1) is 0 Å². The molecule has 1 aromatic rings. The molecule has 1 N–H and O–H groups in total. The van der Waals surface area contributed by atoms with Crippen molar-refractivity contribution in [3.63, 3.8) is 0 Å². The summed E-state index contributed by atoms with van der Waals surface area (Å²) in [5.74, 6) is 0.320. The predicted octanol–water partition coefficient (Wildman–Crippen LogP) is 4.58. The first-order chi connectivity index (χ1) is 9.08. The molecule has 1 unspecified atom stereocenters. The summed E-state index contributed by atoms with van der Waals surface area (Å²) in [6, 6.07) is 4.45. The highest BCUT2D eigenvalue weighted by molar-refractivity contribution is 6.36. The first kappa shape index (κ1) is 16.3. The highest BCUT2D eigenvalue weighted by Gasteiger charge is 2.12. The maximum absolute atomic E-state index is 13.4. The van der Waals surface area contributed by atoms with Crippen LogP contribution in [-0.4, -0.2) is 13.2 Å². The van der Waals surface area contributed by atoms with Gasteiger partial charge < -0.3 is 10.1 Å². The van der Waals surface area contributed by atoms with Crippen LogP contribution in [0.3, 0.4) is 0 Å². The Kier molecular flexibility index (Phi) is 7.21. The molecule has 0 amide bonds. The van der Waals surface area contributed by atoms with Crippen LogP contribution >= 0.6 is 23.2 Å². The number of nitrogens with one attached hydrogen (secondary N) is 1. The van der Waals surface area contributed by atoms with Gasteiger partial charge in [0, 0.05) is 17.1 Å². The molecule has 19 heavy (non-hydrogen) atoms. The normalized spacial score (nSPS) is 13.4. The molecule has 0 aromatic heterocycles. The molecule has 0 saturated heterocycles. The van der Waals surface area contributed by atoms with E-state index in [1.807, 2.05) is 6.92 Å². The fourth-order valence-corrected chi connectivity index (χ4v) is 1.76. The van der Waals surface area contributed by atoms with Gasteiger partial charge in [0.05, 0.1) is 5.03 Å². The average molecular weight is 306 g/mol. The summed E-state index contributed by atoms with van der Waals surface area (Å²) in [6.07, 6.45) is 1.01. The second-order valence-corrected chi connectivity index (χ2v) is 4.91. The van der Waals surface area contributed by atoms with Crippen molar-refractivity contribution in [1.82, 2.24) is 5.32 Å². The Morgan fingerprint density at radius 3 is 2.89 bits per heavy atom. The van der Waals surface area contributed by atoms with Crippen molar-refractivity contribution in [2.45, 2.75) is 26.3 Å². The highest BCUT2D eigenvalue weighted by Crippen LogP contribution is 2.26. The van der Waals surface area contributed by atoms with E-state index in [9.17, 15) is 4.39 Å². The van der Waals surface area contributed by atoms with E-state index < -0.39 is 0 Å². The van der Waals surface area contributed by atoms with Gasteiger partial charge in [0.25, 0.3) is 0 Å². The van der Waals surface area contributed by atoms with E-state index in [0.29, 0.717) is 10.8 Å². The first-order valence-electron chi connectivity index (χ1n) is 6.18. The second-order valence-electron chi connectivity index (χ2n) is 4.20. The quantitative estimate of drug-likeness (QED) is 0.796. The molecular formula is C14H18Cl2FNO. The van der Waals surface area contributed by atoms with Crippen LogP contribution in [0.1, 0.15) is 31.9 Å². The van der Waals surface area contributed by atoms with Gasteiger partial charge in [0.1, 0.15) is 18.2 Å². The molecule has 0 aliphatic carbocycles. The minimum absolute atomic E-state index is 0.00408. The molecule has 0 aliphatic rings. The molecule has 0 saturated carbocycles. The van der Waals surface area contributed by atoms with Gasteiger partial charge in [-0.2, -0.15) is 0 Å². The van der Waals surface area contributed by atoms with E-state index in [2.05, 4.69) is 12.2 Å². The molecule has 5 heteroatoms. The lowest BCUT2D eigenvalue weighted by molar-refractivity contribution is 0.349. The minimum Gasteiger partial charge on any atom is -0.488 e. The largest absolute Gasteiger partial charge is 0.488 e. The van der Waals surface area contributed by atoms with Gasteiger partial charge in [-0.3, -0.25) is 0 Å². The van der Waals surface area contributed by atoms with Gasteiger partial charge >= 0.3 is 0 Å². The number of rotatable bonds is 7. The Bertz CT molecular complexity index is 437. The molecule has 0 heterocycles. The molecule has 0 radical (unpaired) electrons. The van der Waals surface area contributed by atoms with E-state index >= 15 is 0 Å². The summed E-state index contributed by atoms with van der Waals surface area (Å²) >= 11 is 11.2. The SMILES string of the molecule is CCCNC(C)c1cc(F)ccc1OCC(Cl)=CCl. The van der Waals surface area contributed by atoms with Gasteiger partial charge in [-0.25, -0.2) is 4.39 Å². The van der Waals surface area contributed by atoms with Crippen molar-refractivity contribution < 1.29 is 9.13 Å². The predicted molar refractivity (Wildman–Crippen MR) is 78.4 cm³/mol. The molecule has 106 valence electrons. The lowest BCUT2D eigenvalue weighted by atomic mass is 10.1. The fraction of sp³-hybridized carbons (Fsp3) is 0.429. The third kappa shape index (κ3) is 5.39. The first-order valence-corrected chi connectivity index (χ1v) is 7.00. The molecule has 1 aromatic carbocycles. The molecule has 0 spiro atoms. The minimum atomic E-state index is -0.286. The summed E-state index contributed by atoms with van der Waals surface area (Å²) in [4.78, 5) is 0. The Hall–Kier alpha value is -0.770. The maximum Gasteiger partial charge on any atom is 0.125 e. The number of halogens is 3. The monoisotopic (exact) mass is 305 g/mol. The zero-order chi connectivity index (χ0) is 14.3. The molecule has 2 nitrogen and oxygen atoms in total. The van der Waals surface area contributed by atoms with Gasteiger partial charge in [0.15, 0.2) is 0 Å². The molecule has 1 rings (SSSR count). The van der Waals surface area contributed by atoms with Crippen molar-refractivity contribution in [1.29, 1.82) is 0 Å². The van der Waals surface area contributed by atoms with Crippen molar-refractivity contribution in [2.24, 2.45) is 0 Å². The Morgan fingerprint density at radius 1 is 1.53 bits per heavy atom. The summed E-state index contributed by atoms with van der Waals surface area (Å²) in [6.45, 7) is 5.08. The zero-order valence-electron chi connectivity index (χ0n) is 11.1. The number of ether oxygens (including phenoxy) is 1. The molecule has 0 aliphatic heterocycles. The Labute approximate surface area is 123 Å². The van der Waals surface area contributed by atoms with E-state index in [-0.39, 0.29) is 18.5 Å². The molecule has 0 bridgehead atoms. The molecular weight excluding hydrogens is 288 g/mol.